The highest BCUT2D eigenvalue weighted by atomic mass is 32.2. The van der Waals surface area contributed by atoms with Crippen LogP contribution < -0.4 is 0 Å². The Morgan fingerprint density at radius 1 is 1.16 bits per heavy atom. The number of rotatable bonds is 5. The average Bonchev–Trinajstić information content (AvgIpc) is 3.06. The summed E-state index contributed by atoms with van der Waals surface area (Å²) in [6, 6.07) is 1.91. The molecular formula is C18H29N3O3S. The molecule has 0 spiro atoms. The van der Waals surface area contributed by atoms with Crippen LogP contribution in [0.1, 0.15) is 41.1 Å². The molecule has 25 heavy (non-hydrogen) atoms. The third-order valence-corrected chi connectivity index (χ3v) is 7.39. The molecule has 1 atom stereocenters. The molecule has 1 unspecified atom stereocenters. The predicted molar refractivity (Wildman–Crippen MR) is 99.1 cm³/mol. The number of hydrogen-bond acceptors (Lipinski definition) is 5. The number of nitrogens with zero attached hydrogens (tertiary/aromatic N) is 3. The number of hydrogen-bond donors (Lipinski definition) is 0. The van der Waals surface area contributed by atoms with Crippen molar-refractivity contribution in [2.45, 2.75) is 33.2 Å². The number of piperazine rings is 1. The maximum Gasteiger partial charge on any atom is 0.178 e. The topological polar surface area (TPSA) is 62.6 Å². The van der Waals surface area contributed by atoms with Crippen LogP contribution in [0.25, 0.3) is 0 Å². The van der Waals surface area contributed by atoms with Gasteiger partial charge in [-0.15, -0.1) is 0 Å². The van der Waals surface area contributed by atoms with Gasteiger partial charge >= 0.3 is 0 Å². The standard InChI is InChI=1S/C18H29N3O3S/c1-4-19-6-8-20(9-7-19)12-18(22)17-11-14(2)21(15(17)3)16-5-10-25(23,24)13-16/h11,16H,4-10,12-13H2,1-3H3. The van der Waals surface area contributed by atoms with Crippen LogP contribution in [0.15, 0.2) is 6.07 Å². The van der Waals surface area contributed by atoms with Crippen molar-refractivity contribution >= 4 is 15.6 Å². The highest BCUT2D eigenvalue weighted by Crippen LogP contribution is 2.29. The zero-order valence-corrected chi connectivity index (χ0v) is 16.3. The summed E-state index contributed by atoms with van der Waals surface area (Å²) in [6.07, 6.45) is 0.644. The van der Waals surface area contributed by atoms with Gasteiger partial charge in [0.15, 0.2) is 15.6 Å². The SMILES string of the molecule is CCN1CCN(CC(=O)c2cc(C)n(C3CCS(=O)(=O)C3)c2C)CC1. The van der Waals surface area contributed by atoms with E-state index < -0.39 is 9.84 Å². The molecule has 0 aliphatic carbocycles. The van der Waals surface area contributed by atoms with Gasteiger partial charge in [0.25, 0.3) is 0 Å². The first-order valence-corrected chi connectivity index (χ1v) is 11.0. The summed E-state index contributed by atoms with van der Waals surface area (Å²) in [7, 11) is -2.94. The molecule has 2 aliphatic heterocycles. The molecule has 0 saturated carbocycles. The Balaban J connectivity index is 1.71. The molecule has 1 aromatic rings. The van der Waals surface area contributed by atoms with Crippen LogP contribution in [-0.2, 0) is 9.84 Å². The summed E-state index contributed by atoms with van der Waals surface area (Å²) in [6.45, 7) is 11.5. The average molecular weight is 368 g/mol. The number of Topliss-reactive ketones (excluding diaryl/α,β-unsaturated/α-hetero) is 1. The maximum absolute atomic E-state index is 12.8. The summed E-state index contributed by atoms with van der Waals surface area (Å²) in [5.41, 5.74) is 2.65. The summed E-state index contributed by atoms with van der Waals surface area (Å²) in [5, 5.41) is 0. The molecule has 2 aliphatic rings. The minimum Gasteiger partial charge on any atom is -0.344 e. The smallest absolute Gasteiger partial charge is 0.178 e. The van der Waals surface area contributed by atoms with Gasteiger partial charge in [-0.05, 0) is 32.9 Å². The molecule has 0 N–H and O–H groups in total. The Morgan fingerprint density at radius 3 is 2.36 bits per heavy atom. The van der Waals surface area contributed by atoms with E-state index >= 15 is 0 Å². The number of sulfone groups is 1. The second-order valence-corrected chi connectivity index (χ2v) is 9.57. The van der Waals surface area contributed by atoms with E-state index in [2.05, 4.69) is 21.3 Å². The fraction of sp³-hybridized carbons (Fsp3) is 0.722. The lowest BCUT2D eigenvalue weighted by Gasteiger charge is -2.33. The predicted octanol–water partition coefficient (Wildman–Crippen LogP) is 1.28. The van der Waals surface area contributed by atoms with E-state index in [4.69, 9.17) is 0 Å². The fourth-order valence-electron chi connectivity index (χ4n) is 4.15. The van der Waals surface area contributed by atoms with Crippen molar-refractivity contribution in [3.8, 4) is 0 Å². The number of carbonyl (C=O) groups is 1. The van der Waals surface area contributed by atoms with Crippen molar-refractivity contribution in [1.82, 2.24) is 14.4 Å². The molecule has 0 aromatic carbocycles. The molecule has 0 radical (unpaired) electrons. The molecule has 2 saturated heterocycles. The maximum atomic E-state index is 12.8. The highest BCUT2D eigenvalue weighted by Gasteiger charge is 2.32. The Bertz CT molecular complexity index is 746. The Morgan fingerprint density at radius 2 is 1.80 bits per heavy atom. The van der Waals surface area contributed by atoms with Crippen LogP contribution >= 0.6 is 0 Å². The van der Waals surface area contributed by atoms with Gasteiger partial charge in [-0.3, -0.25) is 9.69 Å². The fourth-order valence-corrected chi connectivity index (χ4v) is 5.85. The van der Waals surface area contributed by atoms with Crippen LogP contribution in [0.5, 0.6) is 0 Å². The molecule has 2 fully saturated rings. The lowest BCUT2D eigenvalue weighted by atomic mass is 10.1. The zero-order chi connectivity index (χ0) is 18.2. The summed E-state index contributed by atoms with van der Waals surface area (Å²) in [4.78, 5) is 17.4. The van der Waals surface area contributed by atoms with Crippen molar-refractivity contribution in [1.29, 1.82) is 0 Å². The Labute approximate surface area is 150 Å². The first kappa shape index (κ1) is 18.6. The van der Waals surface area contributed by atoms with E-state index in [1.807, 2.05) is 19.9 Å². The number of aromatic nitrogens is 1. The van der Waals surface area contributed by atoms with Crippen molar-refractivity contribution in [2.75, 3.05) is 50.8 Å². The van der Waals surface area contributed by atoms with Crippen LogP contribution in [0.3, 0.4) is 0 Å². The molecular weight excluding hydrogens is 338 g/mol. The normalized spacial score (nSPS) is 24.7. The van der Waals surface area contributed by atoms with Crippen LogP contribution in [0, 0.1) is 13.8 Å². The van der Waals surface area contributed by atoms with Gasteiger partial charge in [-0.1, -0.05) is 6.92 Å². The lowest BCUT2D eigenvalue weighted by molar-refractivity contribution is 0.0858. The summed E-state index contributed by atoms with van der Waals surface area (Å²) in [5.74, 6) is 0.584. The molecule has 6 nitrogen and oxygen atoms in total. The quantitative estimate of drug-likeness (QED) is 0.734. The minimum atomic E-state index is -2.94. The van der Waals surface area contributed by atoms with Gasteiger partial charge < -0.3 is 9.47 Å². The van der Waals surface area contributed by atoms with Crippen LogP contribution in [-0.4, -0.2) is 79.3 Å². The largest absolute Gasteiger partial charge is 0.344 e. The Kier molecular flexibility index (Phi) is 5.37. The first-order valence-electron chi connectivity index (χ1n) is 9.17. The molecule has 0 amide bonds. The van der Waals surface area contributed by atoms with Crippen molar-refractivity contribution in [3.05, 3.63) is 23.0 Å². The van der Waals surface area contributed by atoms with E-state index in [0.717, 1.165) is 49.7 Å². The first-order chi connectivity index (χ1) is 11.8. The second-order valence-electron chi connectivity index (χ2n) is 7.35. The summed E-state index contributed by atoms with van der Waals surface area (Å²) >= 11 is 0. The third kappa shape index (κ3) is 3.99. The van der Waals surface area contributed by atoms with E-state index in [9.17, 15) is 13.2 Å². The number of likely N-dealkylation sites (N-methyl/N-ethyl adjacent to an activating group) is 1. The van der Waals surface area contributed by atoms with E-state index in [1.165, 1.54) is 0 Å². The van der Waals surface area contributed by atoms with Crippen molar-refractivity contribution in [3.63, 3.8) is 0 Å². The lowest BCUT2D eigenvalue weighted by Crippen LogP contribution is -2.47. The zero-order valence-electron chi connectivity index (χ0n) is 15.5. The van der Waals surface area contributed by atoms with Gasteiger partial charge in [0, 0.05) is 49.2 Å². The molecule has 3 heterocycles. The molecule has 7 heteroatoms. The number of ketones is 1. The van der Waals surface area contributed by atoms with Crippen molar-refractivity contribution in [2.24, 2.45) is 0 Å². The minimum absolute atomic E-state index is 0.0281. The summed E-state index contributed by atoms with van der Waals surface area (Å²) < 4.78 is 25.7. The van der Waals surface area contributed by atoms with Crippen LogP contribution in [0.2, 0.25) is 0 Å². The van der Waals surface area contributed by atoms with Crippen molar-refractivity contribution < 1.29 is 13.2 Å². The van der Waals surface area contributed by atoms with Gasteiger partial charge in [0.05, 0.1) is 18.1 Å². The molecule has 140 valence electrons. The number of aryl methyl sites for hydroxylation is 1. The van der Waals surface area contributed by atoms with Gasteiger partial charge in [-0.25, -0.2) is 8.42 Å². The van der Waals surface area contributed by atoms with Gasteiger partial charge in [0.2, 0.25) is 0 Å². The van der Waals surface area contributed by atoms with Gasteiger partial charge in [-0.2, -0.15) is 0 Å². The van der Waals surface area contributed by atoms with Crippen LogP contribution in [0.4, 0.5) is 0 Å². The second kappa shape index (κ2) is 7.21. The third-order valence-electron chi connectivity index (χ3n) is 5.64. The number of carbonyl (C=O) groups excluding carboxylic acids is 1. The van der Waals surface area contributed by atoms with E-state index in [1.54, 1.807) is 0 Å². The Hall–Kier alpha value is -1.18. The van der Waals surface area contributed by atoms with E-state index in [-0.39, 0.29) is 23.3 Å². The van der Waals surface area contributed by atoms with E-state index in [0.29, 0.717) is 13.0 Å². The molecule has 0 bridgehead atoms. The molecule has 3 rings (SSSR count). The molecule has 1 aromatic heterocycles. The van der Waals surface area contributed by atoms with Gasteiger partial charge in [0.1, 0.15) is 0 Å². The highest BCUT2D eigenvalue weighted by molar-refractivity contribution is 7.91. The monoisotopic (exact) mass is 367 g/mol.